The van der Waals surface area contributed by atoms with E-state index in [1.54, 1.807) is 18.2 Å². The van der Waals surface area contributed by atoms with E-state index < -0.39 is 11.7 Å². The van der Waals surface area contributed by atoms with E-state index in [-0.39, 0.29) is 17.5 Å². The Bertz CT molecular complexity index is 671. The third-order valence-corrected chi connectivity index (χ3v) is 4.53. The van der Waals surface area contributed by atoms with Gasteiger partial charge in [0.1, 0.15) is 0 Å². The SMILES string of the molecule is C[C@H]1CC(c2ccc(C(F)(F)F)c3ncccc23)C[C@@H](N)C1. The number of nitrogens with two attached hydrogens (primary N) is 1. The van der Waals surface area contributed by atoms with Crippen LogP contribution in [0.4, 0.5) is 13.2 Å². The van der Waals surface area contributed by atoms with E-state index >= 15 is 0 Å². The number of fused-ring (bicyclic) bond motifs is 1. The predicted octanol–water partition coefficient (Wildman–Crippen LogP) is 4.48. The van der Waals surface area contributed by atoms with E-state index in [9.17, 15) is 13.2 Å². The summed E-state index contributed by atoms with van der Waals surface area (Å²) in [7, 11) is 0. The molecule has 2 aromatic rings. The lowest BCUT2D eigenvalue weighted by Crippen LogP contribution is -2.31. The van der Waals surface area contributed by atoms with Crippen molar-refractivity contribution in [2.45, 2.75) is 44.3 Å². The Labute approximate surface area is 127 Å². The molecule has 2 N–H and O–H groups in total. The van der Waals surface area contributed by atoms with Gasteiger partial charge in [-0.05, 0) is 48.8 Å². The Kier molecular flexibility index (Phi) is 3.85. The van der Waals surface area contributed by atoms with Crippen LogP contribution in [0.2, 0.25) is 0 Å². The fourth-order valence-corrected chi connectivity index (χ4v) is 3.69. The second-order valence-corrected chi connectivity index (χ2v) is 6.37. The lowest BCUT2D eigenvalue weighted by atomic mass is 9.75. The Morgan fingerprint density at radius 1 is 1.14 bits per heavy atom. The van der Waals surface area contributed by atoms with Gasteiger partial charge < -0.3 is 5.73 Å². The molecule has 1 heterocycles. The molecule has 5 heteroatoms. The van der Waals surface area contributed by atoms with Gasteiger partial charge in [0.2, 0.25) is 0 Å². The van der Waals surface area contributed by atoms with Crippen molar-refractivity contribution in [2.24, 2.45) is 11.7 Å². The molecule has 0 amide bonds. The average Bonchev–Trinajstić information content (AvgIpc) is 2.44. The molecule has 1 fully saturated rings. The molecule has 1 aliphatic carbocycles. The number of pyridine rings is 1. The minimum absolute atomic E-state index is 0.0410. The highest BCUT2D eigenvalue weighted by Gasteiger charge is 2.35. The number of nitrogens with zero attached hydrogens (tertiary/aromatic N) is 1. The fraction of sp³-hybridized carbons (Fsp3) is 0.471. The summed E-state index contributed by atoms with van der Waals surface area (Å²) in [6, 6.07) is 6.32. The Balaban J connectivity index is 2.12. The van der Waals surface area contributed by atoms with Crippen molar-refractivity contribution >= 4 is 10.9 Å². The number of hydrogen-bond donors (Lipinski definition) is 1. The minimum Gasteiger partial charge on any atom is -0.328 e. The first-order chi connectivity index (χ1) is 10.4. The van der Waals surface area contributed by atoms with Gasteiger partial charge in [0.25, 0.3) is 0 Å². The lowest BCUT2D eigenvalue weighted by Gasteiger charge is -2.32. The van der Waals surface area contributed by atoms with Crippen molar-refractivity contribution in [1.29, 1.82) is 0 Å². The number of alkyl halides is 3. The average molecular weight is 308 g/mol. The molecule has 1 aromatic carbocycles. The van der Waals surface area contributed by atoms with E-state index in [4.69, 9.17) is 5.73 Å². The molecule has 2 nitrogen and oxygen atoms in total. The number of benzene rings is 1. The Hall–Kier alpha value is -1.62. The van der Waals surface area contributed by atoms with Gasteiger partial charge in [-0.2, -0.15) is 13.2 Å². The molecule has 1 unspecified atom stereocenters. The Morgan fingerprint density at radius 2 is 1.91 bits per heavy atom. The predicted molar refractivity (Wildman–Crippen MR) is 80.5 cm³/mol. The van der Waals surface area contributed by atoms with Gasteiger partial charge in [-0.3, -0.25) is 4.98 Å². The molecule has 1 aliphatic rings. The van der Waals surface area contributed by atoms with Crippen molar-refractivity contribution in [1.82, 2.24) is 4.98 Å². The molecule has 0 radical (unpaired) electrons. The largest absolute Gasteiger partial charge is 0.418 e. The number of hydrogen-bond acceptors (Lipinski definition) is 2. The second-order valence-electron chi connectivity index (χ2n) is 6.37. The summed E-state index contributed by atoms with van der Waals surface area (Å²) in [6.07, 6.45) is -0.214. The maximum absolute atomic E-state index is 13.2. The molecule has 0 saturated heterocycles. The first-order valence-electron chi connectivity index (χ1n) is 7.56. The van der Waals surface area contributed by atoms with Crippen LogP contribution in [-0.2, 0) is 6.18 Å². The molecule has 0 spiro atoms. The smallest absolute Gasteiger partial charge is 0.328 e. The standard InChI is InChI=1S/C17H19F3N2/c1-10-7-11(9-12(21)8-10)13-4-5-15(17(18,19)20)16-14(13)3-2-6-22-16/h2-6,10-12H,7-9,21H2,1H3/t10-,11?,12-/m0/s1. The van der Waals surface area contributed by atoms with Crippen LogP contribution >= 0.6 is 0 Å². The summed E-state index contributed by atoms with van der Waals surface area (Å²) in [5, 5.41) is 0.601. The van der Waals surface area contributed by atoms with E-state index in [1.165, 1.54) is 6.20 Å². The van der Waals surface area contributed by atoms with Crippen molar-refractivity contribution < 1.29 is 13.2 Å². The molecule has 3 rings (SSSR count). The van der Waals surface area contributed by atoms with Crippen LogP contribution in [0.25, 0.3) is 10.9 Å². The zero-order valence-electron chi connectivity index (χ0n) is 12.4. The summed E-state index contributed by atoms with van der Waals surface area (Å²) in [4.78, 5) is 3.99. The zero-order chi connectivity index (χ0) is 15.9. The van der Waals surface area contributed by atoms with E-state index in [0.29, 0.717) is 11.3 Å². The zero-order valence-corrected chi connectivity index (χ0v) is 12.4. The van der Waals surface area contributed by atoms with Gasteiger partial charge >= 0.3 is 6.18 Å². The molecule has 118 valence electrons. The van der Waals surface area contributed by atoms with Gasteiger partial charge in [0.15, 0.2) is 0 Å². The molecule has 1 aromatic heterocycles. The van der Waals surface area contributed by atoms with Crippen LogP contribution in [0.15, 0.2) is 30.5 Å². The number of halogens is 3. The van der Waals surface area contributed by atoms with Crippen molar-refractivity contribution in [2.75, 3.05) is 0 Å². The van der Waals surface area contributed by atoms with Gasteiger partial charge in [-0.1, -0.05) is 19.1 Å². The van der Waals surface area contributed by atoms with E-state index in [1.807, 2.05) is 0 Å². The highest BCUT2D eigenvalue weighted by atomic mass is 19.4. The molecular formula is C17H19F3N2. The van der Waals surface area contributed by atoms with Crippen molar-refractivity contribution in [3.63, 3.8) is 0 Å². The van der Waals surface area contributed by atoms with Crippen LogP contribution in [0.1, 0.15) is 43.2 Å². The van der Waals surface area contributed by atoms with Gasteiger partial charge in [0, 0.05) is 17.6 Å². The van der Waals surface area contributed by atoms with Crippen LogP contribution in [0.5, 0.6) is 0 Å². The van der Waals surface area contributed by atoms with Crippen LogP contribution in [0.3, 0.4) is 0 Å². The van der Waals surface area contributed by atoms with Crippen LogP contribution in [-0.4, -0.2) is 11.0 Å². The minimum atomic E-state index is -4.39. The molecule has 0 bridgehead atoms. The van der Waals surface area contributed by atoms with E-state index in [2.05, 4.69) is 11.9 Å². The van der Waals surface area contributed by atoms with Gasteiger partial charge in [-0.25, -0.2) is 0 Å². The van der Waals surface area contributed by atoms with Gasteiger partial charge in [0.05, 0.1) is 11.1 Å². The Morgan fingerprint density at radius 3 is 2.59 bits per heavy atom. The normalized spacial score (nSPS) is 26.3. The third kappa shape index (κ3) is 2.82. The molecule has 22 heavy (non-hydrogen) atoms. The van der Waals surface area contributed by atoms with Gasteiger partial charge in [-0.15, -0.1) is 0 Å². The maximum Gasteiger partial charge on any atom is 0.418 e. The van der Waals surface area contributed by atoms with Crippen molar-refractivity contribution in [3.8, 4) is 0 Å². The summed E-state index contributed by atoms with van der Waals surface area (Å²) in [6.45, 7) is 2.15. The van der Waals surface area contributed by atoms with Crippen LogP contribution in [0, 0.1) is 5.92 Å². The lowest BCUT2D eigenvalue weighted by molar-refractivity contribution is -0.136. The first kappa shape index (κ1) is 15.3. The molecular weight excluding hydrogens is 289 g/mol. The number of aromatic nitrogens is 1. The second kappa shape index (κ2) is 5.54. The highest BCUT2D eigenvalue weighted by molar-refractivity contribution is 5.86. The topological polar surface area (TPSA) is 38.9 Å². The molecule has 1 saturated carbocycles. The first-order valence-corrected chi connectivity index (χ1v) is 7.56. The molecule has 3 atom stereocenters. The summed E-state index contributed by atoms with van der Waals surface area (Å²) in [5.41, 5.74) is 6.42. The number of rotatable bonds is 1. The van der Waals surface area contributed by atoms with Crippen molar-refractivity contribution in [3.05, 3.63) is 41.6 Å². The monoisotopic (exact) mass is 308 g/mol. The van der Waals surface area contributed by atoms with E-state index in [0.717, 1.165) is 30.9 Å². The van der Waals surface area contributed by atoms with Crippen LogP contribution < -0.4 is 5.73 Å². The third-order valence-electron chi connectivity index (χ3n) is 4.53. The maximum atomic E-state index is 13.2. The summed E-state index contributed by atoms with van der Waals surface area (Å²) >= 11 is 0. The summed E-state index contributed by atoms with van der Waals surface area (Å²) in [5.74, 6) is 0.690. The summed E-state index contributed by atoms with van der Waals surface area (Å²) < 4.78 is 39.5. The molecule has 0 aliphatic heterocycles. The highest BCUT2D eigenvalue weighted by Crippen LogP contribution is 2.41. The quantitative estimate of drug-likeness (QED) is 0.843. The fourth-order valence-electron chi connectivity index (χ4n) is 3.69.